The highest BCUT2D eigenvalue weighted by Gasteiger charge is 2.40. The summed E-state index contributed by atoms with van der Waals surface area (Å²) < 4.78 is 25.5. The second-order valence-corrected chi connectivity index (χ2v) is 8.28. The van der Waals surface area contributed by atoms with Crippen LogP contribution in [0.5, 0.6) is 0 Å². The van der Waals surface area contributed by atoms with Gasteiger partial charge >= 0.3 is 0 Å². The van der Waals surface area contributed by atoms with Crippen LogP contribution in [0, 0.1) is 5.92 Å². The van der Waals surface area contributed by atoms with Crippen molar-refractivity contribution in [3.8, 4) is 0 Å². The van der Waals surface area contributed by atoms with Crippen molar-refractivity contribution in [2.75, 3.05) is 24.6 Å². The first-order valence-corrected chi connectivity index (χ1v) is 8.75. The number of carbonyl (C=O) groups excluding carboxylic acids is 1. The zero-order valence-corrected chi connectivity index (χ0v) is 12.6. The molecule has 2 aliphatic heterocycles. The zero-order chi connectivity index (χ0) is 13.6. The molecule has 2 fully saturated rings. The fourth-order valence-electron chi connectivity index (χ4n) is 2.57. The number of hydrogen-bond donors (Lipinski definition) is 0. The van der Waals surface area contributed by atoms with E-state index in [-0.39, 0.29) is 29.4 Å². The van der Waals surface area contributed by atoms with Gasteiger partial charge < -0.3 is 4.90 Å². The Balaban J connectivity index is 1.57. The van der Waals surface area contributed by atoms with E-state index in [1.165, 1.54) is 0 Å². The van der Waals surface area contributed by atoms with Gasteiger partial charge in [0.05, 0.1) is 34.1 Å². The van der Waals surface area contributed by atoms with Crippen LogP contribution in [0.15, 0.2) is 16.9 Å². The highest BCUT2D eigenvalue weighted by atomic mass is 79.9. The third-order valence-electron chi connectivity index (χ3n) is 3.70. The molecule has 2 aliphatic rings. The third kappa shape index (κ3) is 2.55. The van der Waals surface area contributed by atoms with Crippen LogP contribution >= 0.6 is 15.9 Å². The number of nitrogens with zero attached hydrogens (tertiary/aromatic N) is 3. The summed E-state index contributed by atoms with van der Waals surface area (Å²) in [5, 5.41) is 4.19. The van der Waals surface area contributed by atoms with Gasteiger partial charge in [-0.2, -0.15) is 5.10 Å². The predicted octanol–water partition coefficient (Wildman–Crippen LogP) is 0.464. The van der Waals surface area contributed by atoms with Gasteiger partial charge in [0.2, 0.25) is 5.91 Å². The van der Waals surface area contributed by atoms with Crippen LogP contribution in [0.3, 0.4) is 0 Å². The van der Waals surface area contributed by atoms with Crippen LogP contribution in [0.2, 0.25) is 0 Å². The Morgan fingerprint density at radius 2 is 2.16 bits per heavy atom. The van der Waals surface area contributed by atoms with Crippen LogP contribution in [0.1, 0.15) is 12.5 Å². The van der Waals surface area contributed by atoms with Crippen LogP contribution in [-0.4, -0.2) is 53.6 Å². The SMILES string of the molecule is O=C(C1CCS(=O)(=O)C1)N1CC(n2cc(Br)cn2)C1. The average Bonchev–Trinajstić information content (AvgIpc) is 2.83. The van der Waals surface area contributed by atoms with E-state index in [2.05, 4.69) is 21.0 Å². The first-order chi connectivity index (χ1) is 8.94. The minimum atomic E-state index is -2.99. The van der Waals surface area contributed by atoms with Crippen molar-refractivity contribution < 1.29 is 13.2 Å². The standard InChI is InChI=1S/C11H14BrN3O3S/c12-9-3-13-15(4-9)10-5-14(6-10)11(16)8-1-2-19(17,18)7-8/h3-4,8,10H,1-2,5-7H2. The average molecular weight is 348 g/mol. The molecule has 1 atom stereocenters. The van der Waals surface area contributed by atoms with Crippen LogP contribution in [0.25, 0.3) is 0 Å². The third-order valence-corrected chi connectivity index (χ3v) is 5.88. The smallest absolute Gasteiger partial charge is 0.226 e. The molecule has 0 N–H and O–H groups in total. The Labute approximate surface area is 119 Å². The molecule has 104 valence electrons. The molecule has 3 rings (SSSR count). The first-order valence-electron chi connectivity index (χ1n) is 6.13. The van der Waals surface area contributed by atoms with Crippen LogP contribution in [-0.2, 0) is 14.6 Å². The van der Waals surface area contributed by atoms with Gasteiger partial charge in [-0.1, -0.05) is 0 Å². The molecule has 0 aromatic carbocycles. The second kappa shape index (κ2) is 4.59. The van der Waals surface area contributed by atoms with Crippen molar-refractivity contribution in [1.82, 2.24) is 14.7 Å². The van der Waals surface area contributed by atoms with Gasteiger partial charge in [-0.25, -0.2) is 8.42 Å². The largest absolute Gasteiger partial charge is 0.338 e. The Morgan fingerprint density at radius 1 is 1.42 bits per heavy atom. The zero-order valence-electron chi connectivity index (χ0n) is 10.2. The van der Waals surface area contributed by atoms with Gasteiger partial charge in [0.15, 0.2) is 9.84 Å². The lowest BCUT2D eigenvalue weighted by molar-refractivity contribution is -0.140. The van der Waals surface area contributed by atoms with Gasteiger partial charge in [-0.15, -0.1) is 0 Å². The van der Waals surface area contributed by atoms with Crippen molar-refractivity contribution in [2.45, 2.75) is 12.5 Å². The van der Waals surface area contributed by atoms with Crippen molar-refractivity contribution in [3.63, 3.8) is 0 Å². The fourth-order valence-corrected chi connectivity index (χ4v) is 4.60. The van der Waals surface area contributed by atoms with Crippen molar-refractivity contribution in [3.05, 3.63) is 16.9 Å². The monoisotopic (exact) mass is 347 g/mol. The van der Waals surface area contributed by atoms with Crippen molar-refractivity contribution >= 4 is 31.7 Å². The Morgan fingerprint density at radius 3 is 2.68 bits per heavy atom. The highest BCUT2D eigenvalue weighted by molar-refractivity contribution is 9.10. The summed E-state index contributed by atoms with van der Waals surface area (Å²) >= 11 is 3.33. The van der Waals surface area contributed by atoms with E-state index in [1.54, 1.807) is 11.1 Å². The molecule has 3 heterocycles. The van der Waals surface area contributed by atoms with Gasteiger partial charge in [-0.05, 0) is 22.4 Å². The fraction of sp³-hybridized carbons (Fsp3) is 0.636. The molecule has 0 spiro atoms. The minimum absolute atomic E-state index is 0.0142. The normalized spacial score (nSPS) is 26.4. The maximum atomic E-state index is 12.1. The van der Waals surface area contributed by atoms with Gasteiger partial charge in [0, 0.05) is 19.3 Å². The van der Waals surface area contributed by atoms with E-state index in [1.807, 2.05) is 10.9 Å². The summed E-state index contributed by atoms with van der Waals surface area (Å²) in [6.45, 7) is 1.23. The number of sulfone groups is 1. The molecule has 0 radical (unpaired) electrons. The molecule has 1 aromatic rings. The van der Waals surface area contributed by atoms with Crippen molar-refractivity contribution in [1.29, 1.82) is 0 Å². The lowest BCUT2D eigenvalue weighted by Crippen LogP contribution is -2.53. The molecule has 0 aliphatic carbocycles. The Hall–Kier alpha value is -0.890. The lowest BCUT2D eigenvalue weighted by atomic mass is 10.0. The molecule has 8 heteroatoms. The molecule has 1 amide bonds. The van der Waals surface area contributed by atoms with Crippen LogP contribution < -0.4 is 0 Å². The van der Waals surface area contributed by atoms with E-state index in [9.17, 15) is 13.2 Å². The predicted molar refractivity (Wildman–Crippen MR) is 72.3 cm³/mol. The summed E-state index contributed by atoms with van der Waals surface area (Å²) in [6.07, 6.45) is 4.07. The molecule has 1 unspecified atom stereocenters. The van der Waals surface area contributed by atoms with E-state index >= 15 is 0 Å². The number of rotatable bonds is 2. The van der Waals surface area contributed by atoms with E-state index in [0.29, 0.717) is 19.5 Å². The molecule has 1 aromatic heterocycles. The first kappa shape index (κ1) is 13.1. The quantitative estimate of drug-likeness (QED) is 0.779. The summed E-state index contributed by atoms with van der Waals surface area (Å²) in [5.74, 6) is -0.202. The topological polar surface area (TPSA) is 72.3 Å². The summed E-state index contributed by atoms with van der Waals surface area (Å²) in [5.41, 5.74) is 0. The van der Waals surface area contributed by atoms with E-state index in [0.717, 1.165) is 4.47 Å². The number of carbonyl (C=O) groups is 1. The van der Waals surface area contributed by atoms with Crippen molar-refractivity contribution in [2.24, 2.45) is 5.92 Å². The maximum Gasteiger partial charge on any atom is 0.226 e. The summed E-state index contributed by atoms with van der Waals surface area (Å²) in [6, 6.07) is 0.202. The Kier molecular flexibility index (Phi) is 3.17. The molecule has 2 saturated heterocycles. The molecular weight excluding hydrogens is 334 g/mol. The van der Waals surface area contributed by atoms with E-state index < -0.39 is 9.84 Å². The number of hydrogen-bond acceptors (Lipinski definition) is 4. The van der Waals surface area contributed by atoms with Gasteiger partial charge in [0.25, 0.3) is 0 Å². The van der Waals surface area contributed by atoms with E-state index in [4.69, 9.17) is 0 Å². The van der Waals surface area contributed by atoms with Crippen LogP contribution in [0.4, 0.5) is 0 Å². The summed E-state index contributed by atoms with van der Waals surface area (Å²) in [4.78, 5) is 13.8. The lowest BCUT2D eigenvalue weighted by Gasteiger charge is -2.40. The molecular formula is C11H14BrN3O3S. The number of amides is 1. The Bertz CT molecular complexity index is 606. The second-order valence-electron chi connectivity index (χ2n) is 5.14. The van der Waals surface area contributed by atoms with Gasteiger partial charge in [-0.3, -0.25) is 9.48 Å². The highest BCUT2D eigenvalue weighted by Crippen LogP contribution is 2.27. The minimum Gasteiger partial charge on any atom is -0.338 e. The maximum absolute atomic E-state index is 12.1. The molecule has 19 heavy (non-hydrogen) atoms. The number of likely N-dealkylation sites (tertiary alicyclic amines) is 1. The number of halogens is 1. The molecule has 0 saturated carbocycles. The van der Waals surface area contributed by atoms with Gasteiger partial charge in [0.1, 0.15) is 0 Å². The summed E-state index contributed by atoms with van der Waals surface area (Å²) in [7, 11) is -2.99. The molecule has 0 bridgehead atoms. The number of aromatic nitrogens is 2. The molecule has 6 nitrogen and oxygen atoms in total.